The van der Waals surface area contributed by atoms with Crippen molar-refractivity contribution in [2.75, 3.05) is 6.54 Å². The van der Waals surface area contributed by atoms with E-state index in [1.807, 2.05) is 20.2 Å². The second kappa shape index (κ2) is 5.77. The molecule has 2 aromatic rings. The van der Waals surface area contributed by atoms with Crippen LogP contribution in [0, 0.1) is 13.8 Å². The smallest absolute Gasteiger partial charge is 0.0964 e. The summed E-state index contributed by atoms with van der Waals surface area (Å²) in [4.78, 5) is 0. The highest BCUT2D eigenvalue weighted by molar-refractivity contribution is 5.06. The van der Waals surface area contributed by atoms with Crippen LogP contribution in [0.3, 0.4) is 0 Å². The number of nitrogens with zero attached hydrogens (tertiary/aromatic N) is 5. The van der Waals surface area contributed by atoms with Gasteiger partial charge in [0.25, 0.3) is 0 Å². The van der Waals surface area contributed by atoms with Crippen molar-refractivity contribution in [2.24, 2.45) is 7.05 Å². The first-order valence-electron chi connectivity index (χ1n) is 6.22. The number of hydrogen-bond donors (Lipinski definition) is 1. The van der Waals surface area contributed by atoms with Gasteiger partial charge in [0, 0.05) is 32.0 Å². The van der Waals surface area contributed by atoms with E-state index < -0.39 is 0 Å². The van der Waals surface area contributed by atoms with E-state index in [9.17, 15) is 0 Å². The van der Waals surface area contributed by atoms with Crippen LogP contribution < -0.4 is 5.32 Å². The third kappa shape index (κ3) is 3.40. The van der Waals surface area contributed by atoms with Crippen molar-refractivity contribution in [3.05, 3.63) is 29.3 Å². The van der Waals surface area contributed by atoms with E-state index in [0.717, 1.165) is 37.4 Å². The molecule has 0 atom stereocenters. The number of aryl methyl sites for hydroxylation is 4. The molecule has 0 amide bonds. The summed E-state index contributed by atoms with van der Waals surface area (Å²) in [5.41, 5.74) is 3.28. The Balaban J connectivity index is 1.66. The summed E-state index contributed by atoms with van der Waals surface area (Å²) in [6, 6.07) is 2.10. The molecular weight excluding hydrogens is 228 g/mol. The van der Waals surface area contributed by atoms with E-state index in [1.54, 1.807) is 4.68 Å². The highest BCUT2D eigenvalue weighted by atomic mass is 15.4. The molecule has 18 heavy (non-hydrogen) atoms. The molecule has 0 saturated heterocycles. The van der Waals surface area contributed by atoms with Crippen molar-refractivity contribution in [1.82, 2.24) is 30.1 Å². The zero-order chi connectivity index (χ0) is 13.0. The van der Waals surface area contributed by atoms with E-state index in [-0.39, 0.29) is 0 Å². The van der Waals surface area contributed by atoms with Gasteiger partial charge in [-0.3, -0.25) is 9.36 Å². The lowest BCUT2D eigenvalue weighted by atomic mass is 10.3. The van der Waals surface area contributed by atoms with Gasteiger partial charge in [-0.1, -0.05) is 5.21 Å². The van der Waals surface area contributed by atoms with Crippen molar-refractivity contribution in [3.63, 3.8) is 0 Å². The maximum Gasteiger partial charge on any atom is 0.0964 e. The predicted octanol–water partition coefficient (Wildman–Crippen LogP) is 0.808. The van der Waals surface area contributed by atoms with E-state index in [2.05, 4.69) is 38.4 Å². The Bertz CT molecular complexity index is 498. The van der Waals surface area contributed by atoms with Gasteiger partial charge < -0.3 is 5.32 Å². The summed E-state index contributed by atoms with van der Waals surface area (Å²) in [7, 11) is 1.87. The Labute approximate surface area is 107 Å². The highest BCUT2D eigenvalue weighted by Crippen LogP contribution is 2.02. The average molecular weight is 248 g/mol. The van der Waals surface area contributed by atoms with Gasteiger partial charge in [0.2, 0.25) is 0 Å². The normalized spacial score (nSPS) is 11.1. The number of rotatable bonds is 6. The second-order valence-corrected chi connectivity index (χ2v) is 4.56. The SMILES string of the molecule is Cc1cc(C)n(CCCNCc2cn(C)nn2)n1. The van der Waals surface area contributed by atoms with Gasteiger partial charge in [0.15, 0.2) is 0 Å². The van der Waals surface area contributed by atoms with Crippen LogP contribution in [-0.4, -0.2) is 31.3 Å². The monoisotopic (exact) mass is 248 g/mol. The molecule has 0 bridgehead atoms. The van der Waals surface area contributed by atoms with E-state index >= 15 is 0 Å². The van der Waals surface area contributed by atoms with Gasteiger partial charge in [-0.25, -0.2) is 0 Å². The van der Waals surface area contributed by atoms with Gasteiger partial charge in [-0.15, -0.1) is 5.10 Å². The molecule has 1 N–H and O–H groups in total. The van der Waals surface area contributed by atoms with Gasteiger partial charge in [-0.05, 0) is 32.9 Å². The summed E-state index contributed by atoms with van der Waals surface area (Å²) in [5, 5.41) is 15.7. The largest absolute Gasteiger partial charge is 0.311 e. The molecule has 2 heterocycles. The van der Waals surface area contributed by atoms with Gasteiger partial charge in [-0.2, -0.15) is 5.10 Å². The molecule has 6 nitrogen and oxygen atoms in total. The van der Waals surface area contributed by atoms with E-state index in [4.69, 9.17) is 0 Å². The lowest BCUT2D eigenvalue weighted by Gasteiger charge is -2.05. The number of hydrogen-bond acceptors (Lipinski definition) is 4. The molecule has 0 fully saturated rings. The van der Waals surface area contributed by atoms with Gasteiger partial charge >= 0.3 is 0 Å². The second-order valence-electron chi connectivity index (χ2n) is 4.56. The van der Waals surface area contributed by atoms with Crippen LogP contribution in [0.4, 0.5) is 0 Å². The molecule has 2 aromatic heterocycles. The fraction of sp³-hybridized carbons (Fsp3) is 0.583. The fourth-order valence-corrected chi connectivity index (χ4v) is 1.95. The van der Waals surface area contributed by atoms with Crippen molar-refractivity contribution < 1.29 is 0 Å². The Kier molecular flexibility index (Phi) is 4.09. The molecule has 0 aliphatic heterocycles. The van der Waals surface area contributed by atoms with Crippen LogP contribution in [0.2, 0.25) is 0 Å². The third-order valence-electron chi connectivity index (χ3n) is 2.78. The Hall–Kier alpha value is -1.69. The molecule has 98 valence electrons. The quantitative estimate of drug-likeness (QED) is 0.768. The van der Waals surface area contributed by atoms with Gasteiger partial charge in [0.1, 0.15) is 0 Å². The van der Waals surface area contributed by atoms with Gasteiger partial charge in [0.05, 0.1) is 11.4 Å². The lowest BCUT2D eigenvalue weighted by Crippen LogP contribution is -2.17. The first-order valence-corrected chi connectivity index (χ1v) is 6.22. The Morgan fingerprint density at radius 2 is 2.17 bits per heavy atom. The fourth-order valence-electron chi connectivity index (χ4n) is 1.95. The molecule has 0 saturated carbocycles. The molecule has 2 rings (SSSR count). The highest BCUT2D eigenvalue weighted by Gasteiger charge is 2.00. The summed E-state index contributed by atoms with van der Waals surface area (Å²) in [6.07, 6.45) is 2.98. The molecule has 6 heteroatoms. The van der Waals surface area contributed by atoms with Crippen LogP contribution >= 0.6 is 0 Å². The minimum atomic E-state index is 0.769. The van der Waals surface area contributed by atoms with Crippen molar-refractivity contribution in [1.29, 1.82) is 0 Å². The lowest BCUT2D eigenvalue weighted by molar-refractivity contribution is 0.530. The Morgan fingerprint density at radius 1 is 1.33 bits per heavy atom. The standard InChI is InChI=1S/C12H20N6/c1-10-7-11(2)18(15-10)6-4-5-13-8-12-9-17(3)16-14-12/h7,9,13H,4-6,8H2,1-3H3. The molecule has 0 radical (unpaired) electrons. The molecule has 0 aliphatic carbocycles. The van der Waals surface area contributed by atoms with E-state index in [0.29, 0.717) is 0 Å². The van der Waals surface area contributed by atoms with Crippen molar-refractivity contribution >= 4 is 0 Å². The topological polar surface area (TPSA) is 60.6 Å². The van der Waals surface area contributed by atoms with Crippen LogP contribution in [0.15, 0.2) is 12.3 Å². The zero-order valence-corrected chi connectivity index (χ0v) is 11.2. The maximum absolute atomic E-state index is 4.43. The molecule has 0 unspecified atom stereocenters. The third-order valence-corrected chi connectivity index (χ3v) is 2.78. The predicted molar refractivity (Wildman–Crippen MR) is 69.0 cm³/mol. The number of aromatic nitrogens is 5. The maximum atomic E-state index is 4.43. The first-order chi connectivity index (χ1) is 8.65. The molecular formula is C12H20N6. The number of nitrogens with one attached hydrogen (secondary N) is 1. The zero-order valence-electron chi connectivity index (χ0n) is 11.2. The molecule has 0 spiro atoms. The molecule has 0 aromatic carbocycles. The minimum absolute atomic E-state index is 0.769. The first kappa shape index (κ1) is 12.8. The summed E-state index contributed by atoms with van der Waals surface area (Å²) >= 11 is 0. The minimum Gasteiger partial charge on any atom is -0.311 e. The summed E-state index contributed by atoms with van der Waals surface area (Å²) < 4.78 is 3.77. The van der Waals surface area contributed by atoms with Crippen LogP contribution in [-0.2, 0) is 20.1 Å². The summed E-state index contributed by atoms with van der Waals surface area (Å²) in [6.45, 7) is 6.79. The van der Waals surface area contributed by atoms with Crippen molar-refractivity contribution in [2.45, 2.75) is 33.4 Å². The van der Waals surface area contributed by atoms with Crippen LogP contribution in [0.25, 0.3) is 0 Å². The van der Waals surface area contributed by atoms with Crippen LogP contribution in [0.1, 0.15) is 23.5 Å². The Morgan fingerprint density at radius 3 is 2.78 bits per heavy atom. The summed E-state index contributed by atoms with van der Waals surface area (Å²) in [5.74, 6) is 0. The van der Waals surface area contributed by atoms with Crippen molar-refractivity contribution in [3.8, 4) is 0 Å². The van der Waals surface area contributed by atoms with Crippen LogP contribution in [0.5, 0.6) is 0 Å². The average Bonchev–Trinajstić information content (AvgIpc) is 2.85. The molecule has 0 aliphatic rings. The van der Waals surface area contributed by atoms with E-state index in [1.165, 1.54) is 5.69 Å².